The van der Waals surface area contributed by atoms with Crippen LogP contribution in [-0.4, -0.2) is 37.8 Å². The number of nitrogens with zero attached hydrogens (tertiary/aromatic N) is 4. The van der Waals surface area contributed by atoms with E-state index in [0.717, 1.165) is 25.8 Å². The fourth-order valence-electron chi connectivity index (χ4n) is 4.33. The first-order valence-corrected chi connectivity index (χ1v) is 10.5. The second kappa shape index (κ2) is 10.1. The van der Waals surface area contributed by atoms with Crippen molar-refractivity contribution in [3.05, 3.63) is 58.9 Å². The molecule has 1 aromatic carbocycles. The number of nitriles is 1. The minimum atomic E-state index is -0.350. The molecule has 0 radical (unpaired) electrons. The van der Waals surface area contributed by atoms with Crippen LogP contribution in [0.1, 0.15) is 53.0 Å². The highest BCUT2D eigenvalue weighted by Gasteiger charge is 2.27. The van der Waals surface area contributed by atoms with Crippen LogP contribution in [0.2, 0.25) is 0 Å². The van der Waals surface area contributed by atoms with Crippen LogP contribution >= 0.6 is 12.4 Å². The number of imidazole rings is 1. The topological polar surface area (TPSA) is 103 Å². The third-order valence-electron chi connectivity index (χ3n) is 6.03. The number of nitrogens with one attached hydrogen (secondary N) is 1. The van der Waals surface area contributed by atoms with Crippen molar-refractivity contribution >= 4 is 23.8 Å². The average Bonchev–Trinajstić information content (AvgIpc) is 3.02. The zero-order chi connectivity index (χ0) is 22.0. The Hall–Kier alpha value is -3.02. The van der Waals surface area contributed by atoms with E-state index in [9.17, 15) is 14.3 Å². The lowest BCUT2D eigenvalue weighted by Crippen LogP contribution is -2.31. The number of ketones is 1. The highest BCUT2D eigenvalue weighted by molar-refractivity contribution is 5.97. The molecule has 0 amide bonds. The molecule has 0 spiro atoms. The first kappa shape index (κ1) is 23.6. The molecule has 3 heterocycles. The summed E-state index contributed by atoms with van der Waals surface area (Å²) in [4.78, 5) is 21.4. The summed E-state index contributed by atoms with van der Waals surface area (Å²) in [7, 11) is 0. The maximum atomic E-state index is 13.2. The predicted octanol–water partition coefficient (Wildman–Crippen LogP) is 3.75. The molecule has 168 valence electrons. The fourth-order valence-corrected chi connectivity index (χ4v) is 4.33. The lowest BCUT2D eigenvalue weighted by atomic mass is 9.87. The van der Waals surface area contributed by atoms with Crippen LogP contribution in [0.5, 0.6) is 5.88 Å². The van der Waals surface area contributed by atoms with Crippen LogP contribution in [0.25, 0.3) is 5.65 Å². The minimum Gasteiger partial charge on any atom is -0.494 e. The van der Waals surface area contributed by atoms with Gasteiger partial charge in [-0.05, 0) is 69.8 Å². The Morgan fingerprint density at radius 2 is 2.12 bits per heavy atom. The zero-order valence-electron chi connectivity index (χ0n) is 17.7. The second-order valence-electron chi connectivity index (χ2n) is 8.03. The normalized spacial score (nSPS) is 18.5. The highest BCUT2D eigenvalue weighted by Crippen LogP contribution is 2.28. The highest BCUT2D eigenvalue weighted by atomic mass is 35.5. The van der Waals surface area contributed by atoms with Gasteiger partial charge in [-0.15, -0.1) is 12.4 Å². The lowest BCUT2D eigenvalue weighted by Gasteiger charge is -2.20. The lowest BCUT2D eigenvalue weighted by molar-refractivity contribution is 0.0902. The predicted molar refractivity (Wildman–Crippen MR) is 120 cm³/mol. The number of Topliss-reactive ketones (excluding diaryl/α,β-unsaturated/α-hetero) is 1. The molecule has 9 heteroatoms. The van der Waals surface area contributed by atoms with Crippen LogP contribution in [0.4, 0.5) is 4.39 Å². The van der Waals surface area contributed by atoms with Gasteiger partial charge in [-0.25, -0.2) is 14.4 Å². The number of aromatic nitrogens is 3. The zero-order valence-corrected chi connectivity index (χ0v) is 18.5. The Morgan fingerprint density at radius 1 is 1.38 bits per heavy atom. The van der Waals surface area contributed by atoms with Gasteiger partial charge in [0, 0.05) is 28.8 Å². The number of halogens is 2. The van der Waals surface area contributed by atoms with Gasteiger partial charge in [-0.3, -0.25) is 9.20 Å². The molecular formula is C23H25ClFN5O2. The molecular weight excluding hydrogens is 433 g/mol. The Labute approximate surface area is 191 Å². The van der Waals surface area contributed by atoms with E-state index >= 15 is 0 Å². The van der Waals surface area contributed by atoms with E-state index in [4.69, 9.17) is 5.26 Å². The molecule has 1 aliphatic heterocycles. The molecule has 0 aliphatic carbocycles. The first-order chi connectivity index (χ1) is 15.0. The number of rotatable bonds is 5. The average molecular weight is 458 g/mol. The summed E-state index contributed by atoms with van der Waals surface area (Å²) < 4.78 is 14.6. The van der Waals surface area contributed by atoms with Gasteiger partial charge in [-0.1, -0.05) is 0 Å². The summed E-state index contributed by atoms with van der Waals surface area (Å²) in [6.07, 6.45) is 5.10. The number of fused-ring (bicyclic) bond motifs is 1. The van der Waals surface area contributed by atoms with Crippen molar-refractivity contribution in [3.8, 4) is 11.9 Å². The Morgan fingerprint density at radius 3 is 2.84 bits per heavy atom. The number of benzene rings is 1. The first-order valence-electron chi connectivity index (χ1n) is 10.5. The van der Waals surface area contributed by atoms with Gasteiger partial charge in [0.05, 0.1) is 0 Å². The molecule has 4 rings (SSSR count). The molecule has 1 fully saturated rings. The molecule has 0 saturated carbocycles. The number of hydrogen-bond donors (Lipinski definition) is 2. The van der Waals surface area contributed by atoms with Crippen molar-refractivity contribution in [2.45, 2.75) is 45.1 Å². The summed E-state index contributed by atoms with van der Waals surface area (Å²) in [5.74, 6) is -0.368. The Bertz CT molecular complexity index is 1160. The fraction of sp³-hybridized carbons (Fsp3) is 0.391. The number of aromatic hydroxyl groups is 1. The summed E-state index contributed by atoms with van der Waals surface area (Å²) >= 11 is 0. The van der Waals surface area contributed by atoms with E-state index in [1.807, 2.05) is 13.0 Å². The van der Waals surface area contributed by atoms with Crippen molar-refractivity contribution in [2.24, 2.45) is 5.92 Å². The third kappa shape index (κ3) is 4.74. The molecule has 2 N–H and O–H groups in total. The molecule has 2 atom stereocenters. The van der Waals surface area contributed by atoms with Gasteiger partial charge >= 0.3 is 0 Å². The van der Waals surface area contributed by atoms with E-state index in [1.54, 1.807) is 12.1 Å². The third-order valence-corrected chi connectivity index (χ3v) is 6.03. The molecule has 32 heavy (non-hydrogen) atoms. The van der Waals surface area contributed by atoms with E-state index in [-0.39, 0.29) is 47.5 Å². The van der Waals surface area contributed by atoms with E-state index in [2.05, 4.69) is 15.3 Å². The van der Waals surface area contributed by atoms with Gasteiger partial charge in [0.25, 0.3) is 0 Å². The monoisotopic (exact) mass is 457 g/mol. The molecule has 2 aromatic heterocycles. The van der Waals surface area contributed by atoms with Gasteiger partial charge < -0.3 is 10.4 Å². The number of carbonyl (C=O) groups excluding carboxylic acids is 1. The second-order valence-corrected chi connectivity index (χ2v) is 8.03. The minimum absolute atomic E-state index is 0. The van der Waals surface area contributed by atoms with Gasteiger partial charge in [0.15, 0.2) is 17.1 Å². The molecule has 0 bridgehead atoms. The summed E-state index contributed by atoms with van der Waals surface area (Å²) in [5, 5.41) is 23.4. The van der Waals surface area contributed by atoms with Gasteiger partial charge in [0.2, 0.25) is 5.88 Å². The van der Waals surface area contributed by atoms with E-state index in [1.165, 1.54) is 22.9 Å². The molecule has 1 saturated heterocycles. The largest absolute Gasteiger partial charge is 0.494 e. The van der Waals surface area contributed by atoms with Crippen LogP contribution < -0.4 is 5.32 Å². The van der Waals surface area contributed by atoms with Crippen molar-refractivity contribution in [1.29, 1.82) is 5.26 Å². The smallest absolute Gasteiger partial charge is 0.203 e. The quantitative estimate of drug-likeness (QED) is 0.565. The molecule has 3 aromatic rings. The van der Waals surface area contributed by atoms with Gasteiger partial charge in [0.1, 0.15) is 18.2 Å². The number of carbonyl (C=O) groups is 1. The van der Waals surface area contributed by atoms with Crippen LogP contribution in [-0.2, 0) is 6.42 Å². The van der Waals surface area contributed by atoms with E-state index in [0.29, 0.717) is 35.3 Å². The Kier molecular flexibility index (Phi) is 7.44. The SMILES string of the molecule is Cc1nc2c(C#N)ncn2c(O)c1CCC1CC(C(=O)c2ccc(F)cc2)CCCN1.Cl. The molecule has 2 unspecified atom stereocenters. The number of hydrogen-bond acceptors (Lipinski definition) is 6. The standard InChI is InChI=1S/C23H24FN5O2.ClH/c1-14-19(23(31)29-13-27-20(12-25)22(29)28-14)9-8-18-11-16(3-2-10-26-18)21(30)15-4-6-17(24)7-5-15;/h4-7,13,16,18,26,31H,2-3,8-11H2,1H3;1H. The van der Waals surface area contributed by atoms with Gasteiger partial charge in [-0.2, -0.15) is 5.26 Å². The van der Waals surface area contributed by atoms with Crippen molar-refractivity contribution in [1.82, 2.24) is 19.7 Å². The number of aryl methyl sites for hydroxylation is 1. The van der Waals surface area contributed by atoms with Crippen LogP contribution in [0.3, 0.4) is 0 Å². The summed E-state index contributed by atoms with van der Waals surface area (Å²) in [6, 6.07) is 7.84. The van der Waals surface area contributed by atoms with Crippen molar-refractivity contribution in [2.75, 3.05) is 6.54 Å². The molecule has 1 aliphatic rings. The van der Waals surface area contributed by atoms with Crippen LogP contribution in [0, 0.1) is 30.0 Å². The maximum absolute atomic E-state index is 13.2. The van der Waals surface area contributed by atoms with Crippen LogP contribution in [0.15, 0.2) is 30.6 Å². The van der Waals surface area contributed by atoms with Crippen molar-refractivity contribution < 1.29 is 14.3 Å². The van der Waals surface area contributed by atoms with E-state index < -0.39 is 0 Å². The van der Waals surface area contributed by atoms with Crippen molar-refractivity contribution in [3.63, 3.8) is 0 Å². The summed E-state index contributed by atoms with van der Waals surface area (Å²) in [6.45, 7) is 2.64. The molecule has 7 nitrogen and oxygen atoms in total. The maximum Gasteiger partial charge on any atom is 0.203 e. The Balaban J connectivity index is 0.00000289. The summed E-state index contributed by atoms with van der Waals surface area (Å²) in [5.41, 5.74) is 2.44.